The average Bonchev–Trinajstić information content (AvgIpc) is 3.22. The van der Waals surface area contributed by atoms with Gasteiger partial charge in [0.25, 0.3) is 5.91 Å². The average molecular weight is 416 g/mol. The first-order chi connectivity index (χ1) is 13.8. The Hall–Kier alpha value is -3.17. The number of aliphatic imine (C=N–C) groups is 1. The lowest BCUT2D eigenvalue weighted by Crippen LogP contribution is -2.19. The van der Waals surface area contributed by atoms with Gasteiger partial charge >= 0.3 is 6.18 Å². The van der Waals surface area contributed by atoms with E-state index in [0.717, 1.165) is 11.4 Å². The van der Waals surface area contributed by atoms with Crippen molar-refractivity contribution in [3.63, 3.8) is 0 Å². The van der Waals surface area contributed by atoms with Gasteiger partial charge in [-0.05, 0) is 23.8 Å². The minimum absolute atomic E-state index is 0.0476. The summed E-state index contributed by atoms with van der Waals surface area (Å²) in [5, 5.41) is 1.77. The molecular weight excluding hydrogens is 401 g/mol. The lowest BCUT2D eigenvalue weighted by atomic mass is 10.1. The Kier molecular flexibility index (Phi) is 4.64. The third-order valence-electron chi connectivity index (χ3n) is 4.44. The van der Waals surface area contributed by atoms with Gasteiger partial charge in [-0.2, -0.15) is 18.2 Å². The van der Waals surface area contributed by atoms with Crippen LogP contribution >= 0.6 is 11.3 Å². The van der Waals surface area contributed by atoms with Crippen LogP contribution in [0.4, 0.5) is 24.5 Å². The Bertz CT molecular complexity index is 1120. The number of amidine groups is 1. The van der Waals surface area contributed by atoms with Crippen LogP contribution in [0.3, 0.4) is 0 Å². The van der Waals surface area contributed by atoms with Gasteiger partial charge in [0.15, 0.2) is 0 Å². The number of nitrogens with zero attached hydrogens (tertiary/aromatic N) is 2. The van der Waals surface area contributed by atoms with E-state index >= 15 is 0 Å². The maximum atomic E-state index is 13.5. The van der Waals surface area contributed by atoms with Crippen LogP contribution in [0.15, 0.2) is 59.6 Å². The molecule has 4 rings (SSSR count). The van der Waals surface area contributed by atoms with Crippen LogP contribution in [-0.4, -0.2) is 18.8 Å². The van der Waals surface area contributed by atoms with E-state index < -0.39 is 17.0 Å². The number of carbonyl (C=O) groups is 1. The zero-order valence-electron chi connectivity index (χ0n) is 15.1. The second-order valence-electron chi connectivity index (χ2n) is 6.25. The normalized spacial score (nSPS) is 13.4. The molecule has 0 radical (unpaired) electrons. The summed E-state index contributed by atoms with van der Waals surface area (Å²) < 4.78 is 40.5. The Morgan fingerprint density at radius 2 is 1.86 bits per heavy atom. The van der Waals surface area contributed by atoms with Crippen molar-refractivity contribution in [1.29, 1.82) is 0 Å². The number of nitrogens with one attached hydrogen (secondary N) is 1. The highest BCUT2D eigenvalue weighted by molar-refractivity contribution is 7.14. The third kappa shape index (κ3) is 3.50. The van der Waals surface area contributed by atoms with E-state index in [1.165, 1.54) is 6.07 Å². The number of anilines is 2. The fourth-order valence-corrected chi connectivity index (χ4v) is 4.04. The van der Waals surface area contributed by atoms with Gasteiger partial charge in [-0.15, -0.1) is 11.3 Å². The minimum Gasteiger partial charge on any atom is -0.383 e. The van der Waals surface area contributed by atoms with E-state index in [4.69, 9.17) is 5.73 Å². The van der Waals surface area contributed by atoms with Crippen LogP contribution in [0, 0.1) is 0 Å². The Balaban J connectivity index is 1.70. The number of hydrogen-bond donors (Lipinski definition) is 2. The van der Waals surface area contributed by atoms with Crippen LogP contribution in [-0.2, 0) is 6.18 Å². The van der Waals surface area contributed by atoms with Crippen molar-refractivity contribution in [2.24, 2.45) is 10.7 Å². The SMILES string of the molecule is CNN1c2cccc(C(N)=NC(=O)c3cc(-c4ccccc4)c(C(F)(F)F)s3)c21. The zero-order valence-corrected chi connectivity index (χ0v) is 15.9. The molecular formula is C20H15F3N4OS. The minimum atomic E-state index is -4.58. The highest BCUT2D eigenvalue weighted by Gasteiger charge is 2.37. The molecule has 1 aliphatic rings. The molecule has 0 fully saturated rings. The summed E-state index contributed by atoms with van der Waals surface area (Å²) in [6.45, 7) is 0. The van der Waals surface area contributed by atoms with Crippen LogP contribution in [0.1, 0.15) is 20.1 Å². The highest BCUT2D eigenvalue weighted by atomic mass is 32.1. The molecule has 1 amide bonds. The van der Waals surface area contributed by atoms with Gasteiger partial charge in [-0.3, -0.25) is 9.80 Å². The van der Waals surface area contributed by atoms with Gasteiger partial charge in [-0.25, -0.2) is 5.43 Å². The number of nitrogens with two attached hydrogens (primary N) is 1. The van der Waals surface area contributed by atoms with E-state index in [2.05, 4.69) is 10.4 Å². The van der Waals surface area contributed by atoms with Crippen molar-refractivity contribution < 1.29 is 18.0 Å². The number of rotatable bonds is 4. The maximum absolute atomic E-state index is 13.5. The number of fused-ring (bicyclic) bond motifs is 1. The number of para-hydroxylation sites is 1. The predicted molar refractivity (Wildman–Crippen MR) is 107 cm³/mol. The largest absolute Gasteiger partial charge is 0.426 e. The standard InChI is InChI=1S/C20H15F3N4OS/c1-25-27-14-9-5-8-12(16(14)27)18(24)26-19(28)15-10-13(11-6-3-2-4-7-11)17(29-15)20(21,22)23/h2-10,25H,1H3,(H2,24,26,28). The van der Waals surface area contributed by atoms with Crippen LogP contribution in [0.5, 0.6) is 0 Å². The number of thiophene rings is 1. The smallest absolute Gasteiger partial charge is 0.383 e. The summed E-state index contributed by atoms with van der Waals surface area (Å²) in [6.07, 6.45) is -4.58. The second-order valence-corrected chi connectivity index (χ2v) is 7.30. The van der Waals surface area contributed by atoms with Crippen LogP contribution in [0.2, 0.25) is 0 Å². The van der Waals surface area contributed by atoms with Crippen molar-refractivity contribution in [1.82, 2.24) is 5.43 Å². The molecule has 0 spiro atoms. The van der Waals surface area contributed by atoms with E-state index in [0.29, 0.717) is 22.5 Å². The van der Waals surface area contributed by atoms with Crippen LogP contribution in [0.25, 0.3) is 11.1 Å². The molecule has 2 heterocycles. The molecule has 1 aliphatic heterocycles. The van der Waals surface area contributed by atoms with Gasteiger partial charge < -0.3 is 5.73 Å². The molecule has 5 nitrogen and oxygen atoms in total. The molecule has 0 bridgehead atoms. The number of carbonyl (C=O) groups excluding carboxylic acids is 1. The fourth-order valence-electron chi connectivity index (χ4n) is 3.11. The molecule has 9 heteroatoms. The van der Waals surface area contributed by atoms with Crippen molar-refractivity contribution >= 4 is 34.5 Å². The predicted octanol–water partition coefficient (Wildman–Crippen LogP) is 4.57. The summed E-state index contributed by atoms with van der Waals surface area (Å²) in [6, 6.07) is 14.7. The number of alkyl halides is 3. The highest BCUT2D eigenvalue weighted by Crippen LogP contribution is 2.48. The molecule has 3 aromatic rings. The molecule has 2 aromatic carbocycles. The number of benzene rings is 2. The molecule has 0 aliphatic carbocycles. The Morgan fingerprint density at radius 1 is 1.14 bits per heavy atom. The summed E-state index contributed by atoms with van der Waals surface area (Å²) in [4.78, 5) is 15.5. The van der Waals surface area contributed by atoms with E-state index in [1.54, 1.807) is 54.5 Å². The van der Waals surface area contributed by atoms with E-state index in [9.17, 15) is 18.0 Å². The lowest BCUT2D eigenvalue weighted by Gasteiger charge is -2.07. The first kappa shape index (κ1) is 19.2. The quantitative estimate of drug-likeness (QED) is 0.372. The molecule has 0 saturated carbocycles. The molecule has 0 atom stereocenters. The summed E-state index contributed by atoms with van der Waals surface area (Å²) in [5.74, 6) is -0.859. The van der Waals surface area contributed by atoms with E-state index in [-0.39, 0.29) is 16.3 Å². The van der Waals surface area contributed by atoms with Crippen molar-refractivity contribution in [3.8, 4) is 11.1 Å². The Morgan fingerprint density at radius 3 is 2.52 bits per heavy atom. The third-order valence-corrected chi connectivity index (χ3v) is 5.60. The summed E-state index contributed by atoms with van der Waals surface area (Å²) >= 11 is 0.369. The Labute approximate surface area is 168 Å². The number of halogens is 3. The van der Waals surface area contributed by atoms with E-state index in [1.807, 2.05) is 6.07 Å². The van der Waals surface area contributed by atoms with Gasteiger partial charge in [0.2, 0.25) is 0 Å². The number of hydrazine groups is 1. The second kappa shape index (κ2) is 7.02. The number of amides is 1. The lowest BCUT2D eigenvalue weighted by molar-refractivity contribution is -0.133. The van der Waals surface area contributed by atoms with Crippen LogP contribution < -0.4 is 16.2 Å². The van der Waals surface area contributed by atoms with Gasteiger partial charge in [0.1, 0.15) is 10.7 Å². The fraction of sp³-hybridized carbons (Fsp3) is 0.100. The molecule has 0 saturated heterocycles. The molecule has 29 heavy (non-hydrogen) atoms. The molecule has 0 unspecified atom stereocenters. The topological polar surface area (TPSA) is 70.5 Å². The monoisotopic (exact) mass is 416 g/mol. The number of hydrogen-bond acceptors (Lipinski definition) is 4. The maximum Gasteiger partial charge on any atom is 0.426 e. The summed E-state index contributed by atoms with van der Waals surface area (Å²) in [7, 11) is 1.73. The van der Waals surface area contributed by atoms with Crippen molar-refractivity contribution in [3.05, 3.63) is 69.9 Å². The first-order valence-corrected chi connectivity index (χ1v) is 9.38. The molecule has 3 N–H and O–H groups in total. The van der Waals surface area contributed by atoms with Crippen molar-refractivity contribution in [2.45, 2.75) is 6.18 Å². The van der Waals surface area contributed by atoms with Gasteiger partial charge in [-0.1, -0.05) is 36.4 Å². The molecule has 148 valence electrons. The van der Waals surface area contributed by atoms with Gasteiger partial charge in [0, 0.05) is 18.2 Å². The van der Waals surface area contributed by atoms with Gasteiger partial charge in [0.05, 0.1) is 16.3 Å². The zero-order chi connectivity index (χ0) is 20.8. The molecule has 1 aromatic heterocycles. The van der Waals surface area contributed by atoms with Crippen molar-refractivity contribution in [2.75, 3.05) is 12.1 Å². The summed E-state index contributed by atoms with van der Waals surface area (Å²) in [5.41, 5.74) is 11.5. The first-order valence-electron chi connectivity index (χ1n) is 8.57.